The van der Waals surface area contributed by atoms with Crippen molar-refractivity contribution in [3.8, 4) is 17.1 Å². The number of nitrogens with zero attached hydrogens (tertiary/aromatic N) is 3. The molecular weight excluding hydrogens is 422 g/mol. The molecule has 0 aliphatic carbocycles. The van der Waals surface area contributed by atoms with E-state index in [2.05, 4.69) is 54.0 Å². The van der Waals surface area contributed by atoms with Gasteiger partial charge in [0.1, 0.15) is 5.75 Å². The molecule has 0 atom stereocenters. The van der Waals surface area contributed by atoms with Crippen LogP contribution in [0, 0.1) is 0 Å². The monoisotopic (exact) mass is 439 g/mol. The normalized spacial score (nSPS) is 11.0. The van der Waals surface area contributed by atoms with Crippen LogP contribution in [0.2, 0.25) is 0 Å². The van der Waals surface area contributed by atoms with Gasteiger partial charge in [0.15, 0.2) is 5.82 Å². The fraction of sp³-hybridized carbons (Fsp3) is 0.150. The molecule has 4 aromatic rings. The Labute approximate surface area is 169 Å². The number of fused-ring (bicyclic) bond motifs is 1. The number of H-pyrrole nitrogens is 1. The molecule has 0 saturated heterocycles. The van der Waals surface area contributed by atoms with Gasteiger partial charge in [0.25, 0.3) is 5.91 Å². The molecule has 0 aliphatic rings. The fourth-order valence-electron chi connectivity index (χ4n) is 3.18. The summed E-state index contributed by atoms with van der Waals surface area (Å²) in [7, 11) is 1.66. The molecule has 4 rings (SSSR count). The summed E-state index contributed by atoms with van der Waals surface area (Å²) in [6.07, 6.45) is 3.14. The van der Waals surface area contributed by atoms with Crippen LogP contribution in [0.15, 0.2) is 53.3 Å². The summed E-state index contributed by atoms with van der Waals surface area (Å²) in [5, 5.41) is 11.1. The van der Waals surface area contributed by atoms with Crippen molar-refractivity contribution in [1.82, 2.24) is 19.7 Å². The number of hydrogen-bond acceptors (Lipinski definition) is 4. The van der Waals surface area contributed by atoms with Crippen molar-refractivity contribution in [2.24, 2.45) is 0 Å². The van der Waals surface area contributed by atoms with Gasteiger partial charge < -0.3 is 14.6 Å². The number of aryl methyl sites for hydroxylation is 1. The number of halogens is 1. The first kappa shape index (κ1) is 18.2. The van der Waals surface area contributed by atoms with Crippen LogP contribution in [0.3, 0.4) is 0 Å². The Bertz CT molecular complexity index is 1160. The van der Waals surface area contributed by atoms with E-state index in [1.54, 1.807) is 19.4 Å². The minimum atomic E-state index is -0.271. The number of aromatic nitrogens is 4. The highest BCUT2D eigenvalue weighted by Crippen LogP contribution is 2.30. The second-order valence-corrected chi connectivity index (χ2v) is 7.13. The van der Waals surface area contributed by atoms with Crippen molar-refractivity contribution >= 4 is 38.6 Å². The molecule has 3 aromatic heterocycles. The second kappa shape index (κ2) is 7.47. The number of rotatable bonds is 5. The average Bonchev–Trinajstić information content (AvgIpc) is 3.31. The van der Waals surface area contributed by atoms with E-state index in [4.69, 9.17) is 4.74 Å². The van der Waals surface area contributed by atoms with E-state index in [9.17, 15) is 4.79 Å². The van der Waals surface area contributed by atoms with Crippen molar-refractivity contribution < 1.29 is 9.53 Å². The van der Waals surface area contributed by atoms with Crippen molar-refractivity contribution in [2.45, 2.75) is 13.5 Å². The summed E-state index contributed by atoms with van der Waals surface area (Å²) in [6, 6.07) is 11.6. The number of aromatic amines is 1. The smallest absolute Gasteiger partial charge is 0.258 e. The summed E-state index contributed by atoms with van der Waals surface area (Å²) in [5.74, 6) is 0.991. The van der Waals surface area contributed by atoms with E-state index in [1.165, 1.54) is 6.20 Å². The van der Waals surface area contributed by atoms with Gasteiger partial charge in [0.05, 0.1) is 24.1 Å². The molecule has 1 aromatic carbocycles. The molecule has 7 nitrogen and oxygen atoms in total. The Hall–Kier alpha value is -3.13. The SMILES string of the molecule is CCn1c(-c2cc(NC(=O)c3cncc(Br)c3)n[nH]2)cc2cc(OC)ccc21. The quantitative estimate of drug-likeness (QED) is 0.480. The number of carbonyl (C=O) groups excluding carboxylic acids is 1. The van der Waals surface area contributed by atoms with Gasteiger partial charge in [-0.1, -0.05) is 0 Å². The predicted octanol–water partition coefficient (Wildman–Crippen LogP) is 4.47. The molecule has 0 fully saturated rings. The van der Waals surface area contributed by atoms with Gasteiger partial charge in [0.2, 0.25) is 0 Å². The number of hydrogen-bond donors (Lipinski definition) is 2. The predicted molar refractivity (Wildman–Crippen MR) is 112 cm³/mol. The van der Waals surface area contributed by atoms with E-state index < -0.39 is 0 Å². The number of pyridine rings is 1. The first-order valence-corrected chi connectivity index (χ1v) is 9.53. The molecule has 0 saturated carbocycles. The van der Waals surface area contributed by atoms with Crippen LogP contribution in [0.5, 0.6) is 5.75 Å². The molecule has 2 N–H and O–H groups in total. The van der Waals surface area contributed by atoms with Crippen LogP contribution < -0.4 is 10.1 Å². The molecule has 0 bridgehead atoms. The number of anilines is 1. The molecule has 8 heteroatoms. The summed E-state index contributed by atoms with van der Waals surface area (Å²) in [4.78, 5) is 16.4. The van der Waals surface area contributed by atoms with Crippen LogP contribution >= 0.6 is 15.9 Å². The van der Waals surface area contributed by atoms with Gasteiger partial charge in [-0.05, 0) is 53.2 Å². The van der Waals surface area contributed by atoms with Gasteiger partial charge in [-0.25, -0.2) is 0 Å². The molecule has 0 unspecified atom stereocenters. The highest BCUT2D eigenvalue weighted by atomic mass is 79.9. The van der Waals surface area contributed by atoms with Crippen LogP contribution in [0.25, 0.3) is 22.3 Å². The number of carbonyl (C=O) groups is 1. The molecular formula is C20H18BrN5O2. The third kappa shape index (κ3) is 3.38. The Morgan fingerprint density at radius 3 is 2.86 bits per heavy atom. The Kier molecular flexibility index (Phi) is 4.87. The molecule has 0 radical (unpaired) electrons. The Balaban J connectivity index is 1.64. The summed E-state index contributed by atoms with van der Waals surface area (Å²) in [5.41, 5.74) is 3.37. The topological polar surface area (TPSA) is 84.8 Å². The zero-order valence-corrected chi connectivity index (χ0v) is 16.9. The standard InChI is InChI=1S/C20H18BrN5O2/c1-3-26-17-5-4-15(28-2)7-12(17)8-18(26)16-9-19(25-24-16)23-20(27)13-6-14(21)11-22-10-13/h4-11H,3H2,1-2H3,(H2,23,24,25,27). The van der Waals surface area contributed by atoms with Crippen molar-refractivity contribution in [2.75, 3.05) is 12.4 Å². The maximum absolute atomic E-state index is 12.4. The van der Waals surface area contributed by atoms with Crippen molar-refractivity contribution in [3.63, 3.8) is 0 Å². The Morgan fingerprint density at radius 1 is 1.25 bits per heavy atom. The number of nitrogens with one attached hydrogen (secondary N) is 2. The highest BCUT2D eigenvalue weighted by molar-refractivity contribution is 9.10. The first-order valence-electron chi connectivity index (χ1n) is 8.74. The number of amides is 1. The number of methoxy groups -OCH3 is 1. The maximum Gasteiger partial charge on any atom is 0.258 e. The maximum atomic E-state index is 12.4. The van der Waals surface area contributed by atoms with E-state index in [1.807, 2.05) is 24.3 Å². The first-order chi connectivity index (χ1) is 13.6. The van der Waals surface area contributed by atoms with Crippen molar-refractivity contribution in [3.05, 3.63) is 58.8 Å². The lowest BCUT2D eigenvalue weighted by Gasteiger charge is -2.06. The lowest BCUT2D eigenvalue weighted by Crippen LogP contribution is -2.12. The zero-order valence-electron chi connectivity index (χ0n) is 15.4. The fourth-order valence-corrected chi connectivity index (χ4v) is 3.55. The largest absolute Gasteiger partial charge is 0.497 e. The van der Waals surface area contributed by atoms with Crippen LogP contribution in [0.1, 0.15) is 17.3 Å². The van der Waals surface area contributed by atoms with Gasteiger partial charge in [0, 0.05) is 40.4 Å². The molecule has 0 aliphatic heterocycles. The summed E-state index contributed by atoms with van der Waals surface area (Å²) < 4.78 is 8.25. The van der Waals surface area contributed by atoms with Crippen LogP contribution in [-0.4, -0.2) is 32.8 Å². The van der Waals surface area contributed by atoms with E-state index >= 15 is 0 Å². The van der Waals surface area contributed by atoms with E-state index in [0.29, 0.717) is 11.4 Å². The summed E-state index contributed by atoms with van der Waals surface area (Å²) >= 11 is 3.32. The number of benzene rings is 1. The second-order valence-electron chi connectivity index (χ2n) is 6.21. The van der Waals surface area contributed by atoms with Gasteiger partial charge in [-0.3, -0.25) is 14.9 Å². The third-order valence-corrected chi connectivity index (χ3v) is 4.92. The number of ether oxygens (including phenoxy) is 1. The van der Waals surface area contributed by atoms with Crippen molar-refractivity contribution in [1.29, 1.82) is 0 Å². The van der Waals surface area contributed by atoms with Gasteiger partial charge >= 0.3 is 0 Å². The zero-order chi connectivity index (χ0) is 19.7. The van der Waals surface area contributed by atoms with Gasteiger partial charge in [-0.15, -0.1) is 0 Å². The summed E-state index contributed by atoms with van der Waals surface area (Å²) in [6.45, 7) is 2.89. The minimum Gasteiger partial charge on any atom is -0.497 e. The lowest BCUT2D eigenvalue weighted by molar-refractivity contribution is 0.102. The average molecular weight is 440 g/mol. The molecule has 3 heterocycles. The van der Waals surface area contributed by atoms with Gasteiger partial charge in [-0.2, -0.15) is 5.10 Å². The molecule has 1 amide bonds. The third-order valence-electron chi connectivity index (χ3n) is 4.49. The van der Waals surface area contributed by atoms with E-state index in [0.717, 1.165) is 39.1 Å². The molecule has 0 spiro atoms. The minimum absolute atomic E-state index is 0.271. The van der Waals surface area contributed by atoms with Crippen LogP contribution in [0.4, 0.5) is 5.82 Å². The highest BCUT2D eigenvalue weighted by Gasteiger charge is 2.14. The lowest BCUT2D eigenvalue weighted by atomic mass is 10.2. The molecule has 28 heavy (non-hydrogen) atoms. The van der Waals surface area contributed by atoms with Crippen LogP contribution in [-0.2, 0) is 6.54 Å². The molecule has 142 valence electrons. The van der Waals surface area contributed by atoms with E-state index in [-0.39, 0.29) is 5.91 Å². The Morgan fingerprint density at radius 2 is 2.11 bits per heavy atom.